The summed E-state index contributed by atoms with van der Waals surface area (Å²) in [6.45, 7) is 5.86. The number of nitrogens with zero attached hydrogens (tertiary/aromatic N) is 3. The van der Waals surface area contributed by atoms with E-state index in [4.69, 9.17) is 0 Å². The summed E-state index contributed by atoms with van der Waals surface area (Å²) in [5.74, 6) is 0.823. The molecule has 0 fully saturated rings. The molecular weight excluding hydrogens is 256 g/mol. The molecule has 102 valence electrons. The molecule has 7 nitrogen and oxygen atoms in total. The Hall–Kier alpha value is -1.44. The van der Waals surface area contributed by atoms with Gasteiger partial charge in [-0.1, -0.05) is 0 Å². The monoisotopic (exact) mass is 274 g/mol. The van der Waals surface area contributed by atoms with Crippen molar-refractivity contribution in [3.63, 3.8) is 0 Å². The molecule has 0 saturated heterocycles. The summed E-state index contributed by atoms with van der Waals surface area (Å²) in [4.78, 5) is 10.6. The summed E-state index contributed by atoms with van der Waals surface area (Å²) >= 11 is 0. The van der Waals surface area contributed by atoms with Crippen LogP contribution >= 0.6 is 0 Å². The molecule has 2 atom stereocenters. The number of nitrogens with one attached hydrogen (secondary N) is 1. The van der Waals surface area contributed by atoms with Crippen LogP contribution in [0.2, 0.25) is 0 Å². The highest BCUT2D eigenvalue weighted by Gasteiger charge is 2.25. The highest BCUT2D eigenvalue weighted by atomic mass is 32.2. The zero-order valence-electron chi connectivity index (χ0n) is 11.0. The van der Waals surface area contributed by atoms with Gasteiger partial charge in [-0.2, -0.15) is 5.10 Å². The summed E-state index contributed by atoms with van der Waals surface area (Å²) in [5.41, 5.74) is 0.375. The summed E-state index contributed by atoms with van der Waals surface area (Å²) < 4.78 is 12.7. The van der Waals surface area contributed by atoms with Gasteiger partial charge >= 0.3 is 5.69 Å². The quantitative estimate of drug-likeness (QED) is 0.623. The van der Waals surface area contributed by atoms with E-state index in [1.807, 2.05) is 13.8 Å². The fourth-order valence-electron chi connectivity index (χ4n) is 1.79. The average molecular weight is 274 g/mol. The smallest absolute Gasteiger partial charge is 0.333 e. The molecule has 0 aliphatic rings. The van der Waals surface area contributed by atoms with E-state index in [-0.39, 0.29) is 11.7 Å². The summed E-state index contributed by atoms with van der Waals surface area (Å²) in [5, 5.41) is 18.2. The van der Waals surface area contributed by atoms with Crippen molar-refractivity contribution in [2.45, 2.75) is 33.4 Å². The van der Waals surface area contributed by atoms with Gasteiger partial charge in [-0.15, -0.1) is 0 Å². The molecule has 0 amide bonds. The van der Waals surface area contributed by atoms with E-state index in [9.17, 15) is 14.3 Å². The van der Waals surface area contributed by atoms with Gasteiger partial charge in [0.15, 0.2) is 0 Å². The lowest BCUT2D eigenvalue weighted by atomic mass is 10.3. The second-order valence-corrected chi connectivity index (χ2v) is 5.62. The molecule has 0 aliphatic heterocycles. The molecule has 2 unspecified atom stereocenters. The fourth-order valence-corrected chi connectivity index (χ4v) is 2.58. The van der Waals surface area contributed by atoms with Crippen LogP contribution in [0.3, 0.4) is 0 Å². The van der Waals surface area contributed by atoms with E-state index in [1.54, 1.807) is 17.9 Å². The molecule has 1 rings (SSSR count). The van der Waals surface area contributed by atoms with Crippen molar-refractivity contribution in [1.82, 2.24) is 9.78 Å². The number of aryl methyl sites for hydroxylation is 2. The van der Waals surface area contributed by atoms with Gasteiger partial charge in [0.2, 0.25) is 5.82 Å². The Labute approximate surface area is 108 Å². The summed E-state index contributed by atoms with van der Waals surface area (Å²) in [7, 11) is -0.950. The van der Waals surface area contributed by atoms with Gasteiger partial charge in [-0.25, -0.2) is 4.68 Å². The molecular formula is C10H18N4O3S. The van der Waals surface area contributed by atoms with Crippen molar-refractivity contribution in [1.29, 1.82) is 0 Å². The average Bonchev–Trinajstić information content (AvgIpc) is 2.53. The number of nitro groups is 1. The minimum atomic E-state index is -0.950. The fraction of sp³-hybridized carbons (Fsp3) is 0.700. The molecule has 0 spiro atoms. The van der Waals surface area contributed by atoms with Crippen molar-refractivity contribution >= 4 is 22.3 Å². The Bertz CT molecular complexity index is 472. The van der Waals surface area contributed by atoms with Crippen LogP contribution in [-0.4, -0.2) is 37.0 Å². The molecule has 1 aromatic heterocycles. The normalized spacial score (nSPS) is 14.2. The predicted octanol–water partition coefficient (Wildman–Crippen LogP) is 1.30. The highest BCUT2D eigenvalue weighted by molar-refractivity contribution is 7.84. The third-order valence-electron chi connectivity index (χ3n) is 2.45. The van der Waals surface area contributed by atoms with Gasteiger partial charge in [-0.3, -0.25) is 14.3 Å². The predicted molar refractivity (Wildman–Crippen MR) is 71.3 cm³/mol. The van der Waals surface area contributed by atoms with Gasteiger partial charge in [0.05, 0.1) is 4.92 Å². The third kappa shape index (κ3) is 3.28. The first-order valence-corrected chi connectivity index (χ1v) is 7.37. The Morgan fingerprint density at radius 1 is 1.61 bits per heavy atom. The van der Waals surface area contributed by atoms with Crippen LogP contribution in [0, 0.1) is 17.0 Å². The molecule has 0 saturated carbocycles. The van der Waals surface area contributed by atoms with Crippen molar-refractivity contribution in [2.75, 3.05) is 17.3 Å². The molecule has 18 heavy (non-hydrogen) atoms. The Morgan fingerprint density at radius 3 is 2.67 bits per heavy atom. The Balaban J connectivity index is 3.05. The van der Waals surface area contributed by atoms with Crippen molar-refractivity contribution in [3.05, 3.63) is 15.8 Å². The number of hydrogen-bond donors (Lipinski definition) is 1. The van der Waals surface area contributed by atoms with Crippen molar-refractivity contribution in [2.24, 2.45) is 0 Å². The number of hydrogen-bond acceptors (Lipinski definition) is 5. The molecule has 0 aliphatic carbocycles. The van der Waals surface area contributed by atoms with Crippen LogP contribution < -0.4 is 5.32 Å². The van der Waals surface area contributed by atoms with Gasteiger partial charge < -0.3 is 5.32 Å². The standard InChI is InChI=1S/C10H18N4O3S/c1-5-13-10(11-7(2)6-18(4)17)9(14(15)16)8(3)12-13/h7,11H,5-6H2,1-4H3. The third-order valence-corrected chi connectivity index (χ3v) is 3.42. The van der Waals surface area contributed by atoms with Gasteiger partial charge in [0.1, 0.15) is 5.69 Å². The van der Waals surface area contributed by atoms with E-state index in [0.29, 0.717) is 23.8 Å². The molecule has 1 aromatic rings. The van der Waals surface area contributed by atoms with E-state index in [0.717, 1.165) is 0 Å². The number of anilines is 1. The maximum Gasteiger partial charge on any atom is 0.333 e. The van der Waals surface area contributed by atoms with Crippen LogP contribution in [0.25, 0.3) is 0 Å². The van der Waals surface area contributed by atoms with Crippen LogP contribution in [0.1, 0.15) is 19.5 Å². The SMILES string of the molecule is CCn1nc(C)c([N+](=O)[O-])c1NC(C)CS(C)=O. The maximum atomic E-state index is 11.1. The lowest BCUT2D eigenvalue weighted by molar-refractivity contribution is -0.384. The topological polar surface area (TPSA) is 90.1 Å². The second kappa shape index (κ2) is 5.94. The Kier molecular flexibility index (Phi) is 4.83. The summed E-state index contributed by atoms with van der Waals surface area (Å²) in [6, 6.07) is -0.115. The minimum Gasteiger partial charge on any atom is -0.361 e. The van der Waals surface area contributed by atoms with Gasteiger partial charge in [0.25, 0.3) is 0 Å². The number of rotatable bonds is 6. The minimum absolute atomic E-state index is 0.00872. The van der Waals surface area contributed by atoms with Gasteiger partial charge in [0, 0.05) is 35.4 Å². The molecule has 0 radical (unpaired) electrons. The lowest BCUT2D eigenvalue weighted by Crippen LogP contribution is -2.24. The highest BCUT2D eigenvalue weighted by Crippen LogP contribution is 2.28. The maximum absolute atomic E-state index is 11.1. The molecule has 8 heteroatoms. The zero-order valence-corrected chi connectivity index (χ0v) is 11.8. The molecule has 0 bridgehead atoms. The largest absolute Gasteiger partial charge is 0.361 e. The van der Waals surface area contributed by atoms with Crippen molar-refractivity contribution < 1.29 is 9.13 Å². The molecule has 1 N–H and O–H groups in total. The first kappa shape index (κ1) is 14.6. The van der Waals surface area contributed by atoms with E-state index < -0.39 is 15.7 Å². The van der Waals surface area contributed by atoms with Crippen LogP contribution in [0.5, 0.6) is 0 Å². The van der Waals surface area contributed by atoms with Crippen LogP contribution in [0.15, 0.2) is 0 Å². The van der Waals surface area contributed by atoms with Crippen molar-refractivity contribution in [3.8, 4) is 0 Å². The lowest BCUT2D eigenvalue weighted by Gasteiger charge is -2.13. The van der Waals surface area contributed by atoms with E-state index in [2.05, 4.69) is 10.4 Å². The summed E-state index contributed by atoms with van der Waals surface area (Å²) in [6.07, 6.45) is 1.61. The van der Waals surface area contributed by atoms with E-state index in [1.165, 1.54) is 0 Å². The second-order valence-electron chi connectivity index (χ2n) is 4.14. The zero-order chi connectivity index (χ0) is 13.9. The first-order chi connectivity index (χ1) is 8.36. The Morgan fingerprint density at radius 2 is 2.22 bits per heavy atom. The van der Waals surface area contributed by atoms with Gasteiger partial charge in [-0.05, 0) is 20.8 Å². The molecule has 0 aromatic carbocycles. The van der Waals surface area contributed by atoms with Crippen LogP contribution in [-0.2, 0) is 17.3 Å². The number of aromatic nitrogens is 2. The van der Waals surface area contributed by atoms with E-state index >= 15 is 0 Å². The van der Waals surface area contributed by atoms with Crippen LogP contribution in [0.4, 0.5) is 11.5 Å². The first-order valence-electron chi connectivity index (χ1n) is 5.65. The molecule has 1 heterocycles.